The average molecular weight is 392 g/mol. The molecule has 2 aliphatic rings. The Morgan fingerprint density at radius 3 is 2.41 bits per heavy atom. The third-order valence-corrected chi connectivity index (χ3v) is 7.08. The van der Waals surface area contributed by atoms with Crippen molar-refractivity contribution >= 4 is 33.1 Å². The van der Waals surface area contributed by atoms with Gasteiger partial charge < -0.3 is 9.80 Å². The summed E-state index contributed by atoms with van der Waals surface area (Å²) in [5, 5.41) is 0. The fraction of sp³-hybridized carbons (Fsp3) is 0.526. The van der Waals surface area contributed by atoms with E-state index in [1.165, 1.54) is 6.92 Å². The minimum Gasteiger partial charge on any atom is -0.339 e. The molecule has 0 spiro atoms. The van der Waals surface area contributed by atoms with E-state index in [4.69, 9.17) is 0 Å². The Bertz CT molecular complexity index is 863. The summed E-state index contributed by atoms with van der Waals surface area (Å²) in [7, 11) is -3.08. The molecule has 2 fully saturated rings. The van der Waals surface area contributed by atoms with Crippen LogP contribution >= 0.6 is 0 Å². The quantitative estimate of drug-likeness (QED) is 0.704. The summed E-state index contributed by atoms with van der Waals surface area (Å²) >= 11 is 0. The molecule has 0 aliphatic carbocycles. The number of carbonyl (C=O) groups excluding carboxylic acids is 3. The van der Waals surface area contributed by atoms with E-state index in [-0.39, 0.29) is 48.1 Å². The van der Waals surface area contributed by atoms with Gasteiger partial charge in [-0.3, -0.25) is 14.4 Å². The summed E-state index contributed by atoms with van der Waals surface area (Å²) in [6.45, 7) is 4.01. The lowest BCUT2D eigenvalue weighted by molar-refractivity contribution is -0.137. The van der Waals surface area contributed by atoms with Gasteiger partial charge in [-0.1, -0.05) is 0 Å². The molecular weight excluding hydrogens is 368 g/mol. The fourth-order valence-electron chi connectivity index (χ4n) is 3.85. The van der Waals surface area contributed by atoms with Gasteiger partial charge in [-0.25, -0.2) is 8.42 Å². The van der Waals surface area contributed by atoms with Crippen molar-refractivity contribution in [3.63, 3.8) is 0 Å². The van der Waals surface area contributed by atoms with Gasteiger partial charge >= 0.3 is 0 Å². The number of sulfone groups is 1. The van der Waals surface area contributed by atoms with Gasteiger partial charge in [-0.05, 0) is 44.5 Å². The molecular formula is C19H24N2O5S. The van der Waals surface area contributed by atoms with Crippen molar-refractivity contribution in [3.8, 4) is 0 Å². The molecule has 2 saturated heterocycles. The molecule has 146 valence electrons. The van der Waals surface area contributed by atoms with Crippen molar-refractivity contribution in [2.24, 2.45) is 5.92 Å². The van der Waals surface area contributed by atoms with Crippen LogP contribution in [0.4, 0.5) is 5.69 Å². The van der Waals surface area contributed by atoms with Gasteiger partial charge in [0.1, 0.15) is 0 Å². The van der Waals surface area contributed by atoms with Crippen molar-refractivity contribution in [3.05, 3.63) is 29.8 Å². The Balaban J connectivity index is 1.72. The summed E-state index contributed by atoms with van der Waals surface area (Å²) in [4.78, 5) is 40.0. The number of rotatable bonds is 5. The molecule has 2 heterocycles. The van der Waals surface area contributed by atoms with Crippen LogP contribution < -0.4 is 4.90 Å². The van der Waals surface area contributed by atoms with E-state index >= 15 is 0 Å². The first-order valence-corrected chi connectivity index (χ1v) is 11.0. The van der Waals surface area contributed by atoms with Gasteiger partial charge in [0.15, 0.2) is 15.6 Å². The van der Waals surface area contributed by atoms with Crippen LogP contribution in [0.2, 0.25) is 0 Å². The van der Waals surface area contributed by atoms with E-state index in [0.29, 0.717) is 24.2 Å². The van der Waals surface area contributed by atoms with Gasteiger partial charge in [-0.15, -0.1) is 0 Å². The predicted octanol–water partition coefficient (Wildman–Crippen LogP) is 1.28. The van der Waals surface area contributed by atoms with Crippen molar-refractivity contribution < 1.29 is 22.8 Å². The molecule has 0 aromatic heterocycles. The van der Waals surface area contributed by atoms with E-state index in [1.807, 2.05) is 6.92 Å². The number of nitrogens with zero attached hydrogens (tertiary/aromatic N) is 2. The van der Waals surface area contributed by atoms with Crippen LogP contribution in [0.1, 0.15) is 37.0 Å². The molecule has 2 amide bonds. The Morgan fingerprint density at radius 1 is 1.22 bits per heavy atom. The maximum Gasteiger partial charge on any atom is 0.228 e. The highest BCUT2D eigenvalue weighted by molar-refractivity contribution is 7.91. The highest BCUT2D eigenvalue weighted by Gasteiger charge is 2.41. The molecule has 7 nitrogen and oxygen atoms in total. The lowest BCUT2D eigenvalue weighted by Gasteiger charge is -2.29. The lowest BCUT2D eigenvalue weighted by Crippen LogP contribution is -2.44. The monoisotopic (exact) mass is 392 g/mol. The molecule has 1 aromatic rings. The first-order valence-electron chi connectivity index (χ1n) is 9.14. The average Bonchev–Trinajstić information content (AvgIpc) is 3.18. The van der Waals surface area contributed by atoms with E-state index in [0.717, 1.165) is 0 Å². The standard InChI is InChI=1S/C19H24N2O5S/c1-3-20(17-8-9-27(25,26)12-17)19(24)15-10-18(23)21(11-15)16-6-4-14(5-7-16)13(2)22/h4-7,15,17H,3,8-12H2,1-2H3. The van der Waals surface area contributed by atoms with Gasteiger partial charge in [0, 0.05) is 36.8 Å². The Hall–Kier alpha value is -2.22. The molecule has 0 saturated carbocycles. The zero-order valence-corrected chi connectivity index (χ0v) is 16.4. The second-order valence-electron chi connectivity index (χ2n) is 7.19. The van der Waals surface area contributed by atoms with Gasteiger partial charge in [-0.2, -0.15) is 0 Å². The second-order valence-corrected chi connectivity index (χ2v) is 9.42. The lowest BCUT2D eigenvalue weighted by atomic mass is 10.1. The molecule has 0 N–H and O–H groups in total. The van der Waals surface area contributed by atoms with E-state index in [2.05, 4.69) is 0 Å². The summed E-state index contributed by atoms with van der Waals surface area (Å²) in [5.74, 6) is -0.709. The minimum absolute atomic E-state index is 0.00344. The van der Waals surface area contributed by atoms with Crippen LogP contribution in [0.25, 0.3) is 0 Å². The van der Waals surface area contributed by atoms with Crippen molar-refractivity contribution in [2.75, 3.05) is 29.5 Å². The minimum atomic E-state index is -3.08. The summed E-state index contributed by atoms with van der Waals surface area (Å²) in [6.07, 6.45) is 0.571. The first-order chi connectivity index (χ1) is 12.7. The number of ketones is 1. The van der Waals surface area contributed by atoms with Gasteiger partial charge in [0.25, 0.3) is 0 Å². The number of hydrogen-bond donors (Lipinski definition) is 0. The van der Waals surface area contributed by atoms with Crippen molar-refractivity contribution in [2.45, 2.75) is 32.7 Å². The third kappa shape index (κ3) is 4.05. The number of amides is 2. The van der Waals surface area contributed by atoms with Crippen molar-refractivity contribution in [1.82, 2.24) is 4.90 Å². The highest BCUT2D eigenvalue weighted by atomic mass is 32.2. The normalized spacial score (nSPS) is 24.2. The summed E-state index contributed by atoms with van der Waals surface area (Å²) < 4.78 is 23.5. The van der Waals surface area contributed by atoms with Crippen molar-refractivity contribution in [1.29, 1.82) is 0 Å². The maximum absolute atomic E-state index is 12.9. The molecule has 1 aromatic carbocycles. The van der Waals surface area contributed by atoms with Gasteiger partial charge in [0.05, 0.1) is 17.4 Å². The molecule has 2 aliphatic heterocycles. The number of benzene rings is 1. The third-order valence-electron chi connectivity index (χ3n) is 5.33. The number of anilines is 1. The highest BCUT2D eigenvalue weighted by Crippen LogP contribution is 2.28. The first kappa shape index (κ1) is 19.5. The molecule has 2 atom stereocenters. The van der Waals surface area contributed by atoms with Crippen LogP contribution in [-0.4, -0.2) is 61.6 Å². The SMILES string of the molecule is CCN(C(=O)C1CC(=O)N(c2ccc(C(C)=O)cc2)C1)C1CCS(=O)(=O)C1. The number of Topliss-reactive ketones (excluding diaryl/α,β-unsaturated/α-hetero) is 1. The predicted molar refractivity (Wildman–Crippen MR) is 101 cm³/mol. The Morgan fingerprint density at radius 2 is 1.89 bits per heavy atom. The van der Waals surface area contributed by atoms with Crippen LogP contribution in [0.3, 0.4) is 0 Å². The molecule has 27 heavy (non-hydrogen) atoms. The molecule has 0 bridgehead atoms. The van der Waals surface area contributed by atoms with Crippen LogP contribution in [0.15, 0.2) is 24.3 Å². The van der Waals surface area contributed by atoms with Crippen LogP contribution in [0.5, 0.6) is 0 Å². The zero-order chi connectivity index (χ0) is 19.8. The number of carbonyl (C=O) groups is 3. The molecule has 0 radical (unpaired) electrons. The molecule has 2 unspecified atom stereocenters. The zero-order valence-electron chi connectivity index (χ0n) is 15.6. The second kappa shape index (κ2) is 7.42. The maximum atomic E-state index is 12.9. The van der Waals surface area contributed by atoms with E-state index in [1.54, 1.807) is 34.1 Å². The topological polar surface area (TPSA) is 91.8 Å². The van der Waals surface area contributed by atoms with Gasteiger partial charge in [0.2, 0.25) is 11.8 Å². The van der Waals surface area contributed by atoms with Crippen LogP contribution in [0, 0.1) is 5.92 Å². The smallest absolute Gasteiger partial charge is 0.228 e. The number of hydrogen-bond acceptors (Lipinski definition) is 5. The molecule has 3 rings (SSSR count). The Kier molecular flexibility index (Phi) is 5.37. The van der Waals surface area contributed by atoms with Crippen LogP contribution in [-0.2, 0) is 19.4 Å². The molecule has 8 heteroatoms. The Labute approximate surface area is 159 Å². The summed E-state index contributed by atoms with van der Waals surface area (Å²) in [5.41, 5.74) is 1.23. The summed E-state index contributed by atoms with van der Waals surface area (Å²) in [6, 6.07) is 6.46. The van der Waals surface area contributed by atoms with E-state index in [9.17, 15) is 22.8 Å². The van der Waals surface area contributed by atoms with E-state index < -0.39 is 15.8 Å². The fourth-order valence-corrected chi connectivity index (χ4v) is 5.58. The largest absolute Gasteiger partial charge is 0.339 e.